The van der Waals surface area contributed by atoms with Crippen molar-refractivity contribution in [3.8, 4) is 33.9 Å². The Morgan fingerprint density at radius 1 is 0.893 bits per heavy atom. The first-order valence-corrected chi connectivity index (χ1v) is 18.4. The van der Waals surface area contributed by atoms with E-state index in [1.165, 1.54) is 6.07 Å². The predicted octanol–water partition coefficient (Wildman–Crippen LogP) is 9.74. The van der Waals surface area contributed by atoms with Crippen LogP contribution in [0, 0.1) is 18.8 Å². The van der Waals surface area contributed by atoms with Gasteiger partial charge in [0.15, 0.2) is 5.43 Å². The van der Waals surface area contributed by atoms with Crippen LogP contribution in [-0.2, 0) is 27.5 Å². The Balaban J connectivity index is 1.04. The van der Waals surface area contributed by atoms with Gasteiger partial charge in [0.05, 0.1) is 19.1 Å². The monoisotopic (exact) mass is 746 g/mol. The van der Waals surface area contributed by atoms with E-state index >= 15 is 0 Å². The Labute approximate surface area is 322 Å². The molecule has 56 heavy (non-hydrogen) atoms. The molecule has 0 radical (unpaired) electrons. The number of β-lactam (4-membered cyclic amide) rings is 1. The van der Waals surface area contributed by atoms with Gasteiger partial charge in [0, 0.05) is 39.2 Å². The van der Waals surface area contributed by atoms with Crippen LogP contribution in [0.25, 0.3) is 49.4 Å². The van der Waals surface area contributed by atoms with Crippen LogP contribution >= 0.6 is 0 Å². The number of benzene rings is 5. The average Bonchev–Trinajstić information content (AvgIpc) is 3.54. The predicted molar refractivity (Wildman–Crippen MR) is 212 cm³/mol. The van der Waals surface area contributed by atoms with E-state index in [1.807, 2.05) is 81.4 Å². The second-order valence-corrected chi connectivity index (χ2v) is 14.5. The maximum atomic E-state index is 13.6. The molecule has 2 atom stereocenters. The summed E-state index contributed by atoms with van der Waals surface area (Å²) in [5.74, 6) is 1.19. The normalized spacial score (nSPS) is 16.2. The van der Waals surface area contributed by atoms with Crippen molar-refractivity contribution in [1.82, 2.24) is 4.90 Å². The molecule has 3 aliphatic heterocycles. The number of carbonyl (C=O) groups excluding carboxylic acids is 2. The highest BCUT2D eigenvalue weighted by molar-refractivity contribution is 6.07. The topological polar surface area (TPSA) is 144 Å². The molecule has 11 heteroatoms. The summed E-state index contributed by atoms with van der Waals surface area (Å²) in [4.78, 5) is 43.7. The Morgan fingerprint density at radius 3 is 2.32 bits per heavy atom. The molecule has 0 unspecified atom stereocenters. The van der Waals surface area contributed by atoms with E-state index in [2.05, 4.69) is 10.0 Å². The zero-order chi connectivity index (χ0) is 39.1. The summed E-state index contributed by atoms with van der Waals surface area (Å²) >= 11 is 0. The molecule has 1 amide bonds. The number of amides is 1. The van der Waals surface area contributed by atoms with E-state index in [4.69, 9.17) is 24.2 Å². The average molecular weight is 747 g/mol. The number of nitrogens with zero attached hydrogens (tertiary/aromatic N) is 4. The molecule has 4 aromatic carbocycles. The van der Waals surface area contributed by atoms with Gasteiger partial charge in [-0.2, -0.15) is 0 Å². The summed E-state index contributed by atoms with van der Waals surface area (Å²) in [6.45, 7) is 6.35. The van der Waals surface area contributed by atoms with Crippen molar-refractivity contribution in [2.75, 3.05) is 7.11 Å². The molecule has 0 bridgehead atoms. The fourth-order valence-corrected chi connectivity index (χ4v) is 7.89. The van der Waals surface area contributed by atoms with Crippen molar-refractivity contribution in [2.45, 2.75) is 46.4 Å². The van der Waals surface area contributed by atoms with Crippen LogP contribution < -0.4 is 14.9 Å². The molecule has 3 heterocycles. The number of rotatable bonds is 11. The van der Waals surface area contributed by atoms with Gasteiger partial charge in [-0.3, -0.25) is 9.59 Å². The first-order valence-electron chi connectivity index (χ1n) is 18.4. The van der Waals surface area contributed by atoms with Gasteiger partial charge in [0.1, 0.15) is 41.8 Å². The van der Waals surface area contributed by atoms with Gasteiger partial charge in [-0.1, -0.05) is 73.6 Å². The number of hydrogen-bond donors (Lipinski definition) is 0. The van der Waals surface area contributed by atoms with Gasteiger partial charge >= 0.3 is 5.97 Å². The van der Waals surface area contributed by atoms with Gasteiger partial charge < -0.3 is 23.5 Å². The first-order chi connectivity index (χ1) is 27.1. The van der Waals surface area contributed by atoms with E-state index < -0.39 is 5.97 Å². The van der Waals surface area contributed by atoms with Crippen molar-refractivity contribution in [1.29, 1.82) is 0 Å². The van der Waals surface area contributed by atoms with E-state index in [-0.39, 0.29) is 48.1 Å². The van der Waals surface area contributed by atoms with Crippen LogP contribution in [0.4, 0.5) is 5.69 Å². The van der Waals surface area contributed by atoms with Crippen molar-refractivity contribution in [2.24, 2.45) is 17.0 Å². The molecule has 1 fully saturated rings. The fraction of sp³-hybridized carbons (Fsp3) is 0.222. The third-order valence-corrected chi connectivity index (χ3v) is 10.7. The zero-order valence-corrected chi connectivity index (χ0v) is 31.3. The molecule has 1 saturated heterocycles. The lowest BCUT2D eigenvalue weighted by molar-refractivity contribution is -0.159. The number of azide groups is 1. The van der Waals surface area contributed by atoms with Crippen LogP contribution in [0.5, 0.6) is 11.5 Å². The second kappa shape index (κ2) is 14.8. The molecule has 4 aliphatic rings. The van der Waals surface area contributed by atoms with Gasteiger partial charge in [0.2, 0.25) is 5.91 Å². The smallest absolute Gasteiger partial charge is 0.355 e. The van der Waals surface area contributed by atoms with Crippen LogP contribution in [0.15, 0.2) is 123 Å². The molecule has 0 N–H and O–H groups in total. The quantitative estimate of drug-likeness (QED) is 0.0321. The highest BCUT2D eigenvalue weighted by atomic mass is 16.5. The number of ether oxygens (including phenoxy) is 3. The van der Waals surface area contributed by atoms with Crippen molar-refractivity contribution in [3.05, 3.63) is 152 Å². The lowest BCUT2D eigenvalue weighted by Crippen LogP contribution is -2.60. The van der Waals surface area contributed by atoms with E-state index in [0.717, 1.165) is 55.7 Å². The van der Waals surface area contributed by atoms with Crippen LogP contribution in [0.3, 0.4) is 0 Å². The van der Waals surface area contributed by atoms with Crippen LogP contribution in [0.1, 0.15) is 42.5 Å². The molecule has 8 rings (SSSR count). The molecular formula is C45H38N4O7. The van der Waals surface area contributed by atoms with Crippen molar-refractivity contribution in [3.63, 3.8) is 0 Å². The van der Waals surface area contributed by atoms with Gasteiger partial charge in [-0.25, -0.2) is 4.79 Å². The van der Waals surface area contributed by atoms with Gasteiger partial charge in [-0.05, 0) is 94.6 Å². The summed E-state index contributed by atoms with van der Waals surface area (Å²) in [6, 6.07) is 31.0. The first kappa shape index (κ1) is 36.2. The standard InChI is InChI=1S/C45H38N4O7/c1-25(2)41-38-22-37(43(49(38)44(41)51)45(52)55-24-28-7-11-30(12-8-28)47-48-46)29-9-5-27(6-10-29)23-54-33-15-18-36-40(21-33)56-39-20-31(50)13-16-35(39)42(36)34-17-14-32(53-4)19-26(34)3/h5-21,25,38,41H,22-24H2,1-4H3/t38-,41-/m1/s1. The van der Waals surface area contributed by atoms with E-state index in [1.54, 1.807) is 48.4 Å². The van der Waals surface area contributed by atoms with Crippen molar-refractivity contribution < 1.29 is 28.2 Å². The number of methoxy groups -OCH3 is 1. The third kappa shape index (κ3) is 6.62. The number of esters is 1. The van der Waals surface area contributed by atoms with Crippen LogP contribution in [0.2, 0.25) is 0 Å². The summed E-state index contributed by atoms with van der Waals surface area (Å²) in [7, 11) is 1.64. The highest BCUT2D eigenvalue weighted by Crippen LogP contribution is 2.49. The van der Waals surface area contributed by atoms with Crippen molar-refractivity contribution >= 4 is 34.1 Å². The third-order valence-electron chi connectivity index (χ3n) is 10.7. The van der Waals surface area contributed by atoms with Gasteiger partial charge in [-0.15, -0.1) is 0 Å². The summed E-state index contributed by atoms with van der Waals surface area (Å²) in [6.07, 6.45) is 0.552. The number of hydrogen-bond acceptors (Lipinski definition) is 8. The molecule has 0 aromatic heterocycles. The SMILES string of the molecule is COc1ccc(-c2c3ccc(=O)cc-3oc3cc(OCc4ccc(C5=C(C(=O)OCc6ccc(N=[N+]=[N-])cc6)N6C(=O)[C@H](C(C)C)[C@H]6C5)cc4)ccc23)c(C)c1. The van der Waals surface area contributed by atoms with E-state index in [0.29, 0.717) is 29.2 Å². The molecule has 0 spiro atoms. The van der Waals surface area contributed by atoms with Gasteiger partial charge in [0.25, 0.3) is 0 Å². The highest BCUT2D eigenvalue weighted by Gasteiger charge is 2.56. The Bertz CT molecular complexity index is 2620. The lowest BCUT2D eigenvalue weighted by Gasteiger charge is -2.45. The largest absolute Gasteiger partial charge is 0.497 e. The zero-order valence-electron chi connectivity index (χ0n) is 31.3. The summed E-state index contributed by atoms with van der Waals surface area (Å²) < 4.78 is 23.7. The maximum Gasteiger partial charge on any atom is 0.355 e. The second-order valence-electron chi connectivity index (χ2n) is 14.5. The minimum absolute atomic E-state index is 0.00311. The Morgan fingerprint density at radius 2 is 1.61 bits per heavy atom. The van der Waals surface area contributed by atoms with E-state index in [9.17, 15) is 14.4 Å². The number of fused-ring (bicyclic) bond motifs is 3. The Kier molecular flexibility index (Phi) is 9.53. The van der Waals surface area contributed by atoms with Crippen LogP contribution in [-0.4, -0.2) is 29.9 Å². The minimum atomic E-state index is -0.559. The number of carbonyl (C=O) groups is 2. The maximum absolute atomic E-state index is 13.6. The molecule has 4 aromatic rings. The molecule has 280 valence electrons. The summed E-state index contributed by atoms with van der Waals surface area (Å²) in [5, 5.41) is 4.46. The lowest BCUT2D eigenvalue weighted by atomic mass is 9.78. The fourth-order valence-electron chi connectivity index (χ4n) is 7.89. The molecular weight excluding hydrogens is 709 g/mol. The summed E-state index contributed by atoms with van der Waals surface area (Å²) in [5.41, 5.74) is 16.9. The molecule has 0 saturated carbocycles. The Hall–Kier alpha value is -6.84. The minimum Gasteiger partial charge on any atom is -0.497 e. The molecule has 11 nitrogen and oxygen atoms in total. The molecule has 1 aliphatic carbocycles. The number of aryl methyl sites for hydroxylation is 1.